The van der Waals surface area contributed by atoms with E-state index >= 15 is 0 Å². The maximum Gasteiger partial charge on any atom is 0.250 e. The molecule has 3 N–H and O–H groups in total. The molecule has 0 spiro atoms. The Morgan fingerprint density at radius 3 is 2.63 bits per heavy atom. The normalized spacial score (nSPS) is 16.3. The van der Waals surface area contributed by atoms with Crippen LogP contribution in [0.4, 0.5) is 5.69 Å². The lowest BCUT2D eigenvalue weighted by Gasteiger charge is -2.22. The summed E-state index contributed by atoms with van der Waals surface area (Å²) >= 11 is 0. The first-order valence-corrected chi connectivity index (χ1v) is 6.56. The summed E-state index contributed by atoms with van der Waals surface area (Å²) in [5, 5.41) is 2.80. The summed E-state index contributed by atoms with van der Waals surface area (Å²) in [5.41, 5.74) is 7.31. The average molecular weight is 264 g/mol. The zero-order valence-electron chi connectivity index (χ0n) is 10.9. The van der Waals surface area contributed by atoms with Crippen LogP contribution in [-0.2, 0) is 20.8 Å². The Bertz CT molecular complexity index is 400. The predicted molar refractivity (Wildman–Crippen MR) is 72.8 cm³/mol. The lowest BCUT2D eigenvalue weighted by molar-refractivity contribution is -0.124. The second-order valence-corrected chi connectivity index (χ2v) is 4.57. The summed E-state index contributed by atoms with van der Waals surface area (Å²) in [4.78, 5) is 11.7. The summed E-state index contributed by atoms with van der Waals surface area (Å²) in [6.45, 7) is 2.02. The molecule has 0 unspecified atom stereocenters. The number of carbonyl (C=O) groups is 1. The van der Waals surface area contributed by atoms with Gasteiger partial charge in [0.05, 0.1) is 6.10 Å². The molecule has 0 aromatic heterocycles. The summed E-state index contributed by atoms with van der Waals surface area (Å²) in [7, 11) is 0. The quantitative estimate of drug-likeness (QED) is 0.840. The molecule has 1 saturated heterocycles. The number of anilines is 1. The van der Waals surface area contributed by atoms with Gasteiger partial charge >= 0.3 is 0 Å². The van der Waals surface area contributed by atoms with Crippen molar-refractivity contribution < 1.29 is 14.3 Å². The minimum atomic E-state index is -0.132. The molecule has 19 heavy (non-hydrogen) atoms. The molecule has 0 aliphatic carbocycles. The Morgan fingerprint density at radius 2 is 2.00 bits per heavy atom. The molecule has 5 heteroatoms. The highest BCUT2D eigenvalue weighted by Gasteiger charge is 2.15. The van der Waals surface area contributed by atoms with Crippen molar-refractivity contribution in [1.29, 1.82) is 0 Å². The van der Waals surface area contributed by atoms with Crippen LogP contribution in [-0.4, -0.2) is 31.8 Å². The van der Waals surface area contributed by atoms with Crippen LogP contribution < -0.4 is 11.1 Å². The van der Waals surface area contributed by atoms with E-state index < -0.39 is 0 Å². The van der Waals surface area contributed by atoms with Crippen LogP contribution in [0.15, 0.2) is 24.3 Å². The van der Waals surface area contributed by atoms with Gasteiger partial charge in [-0.1, -0.05) is 12.1 Å². The maximum absolute atomic E-state index is 11.7. The smallest absolute Gasteiger partial charge is 0.250 e. The highest BCUT2D eigenvalue weighted by Crippen LogP contribution is 2.11. The van der Waals surface area contributed by atoms with Gasteiger partial charge in [0.25, 0.3) is 0 Å². The number of hydrogen-bond acceptors (Lipinski definition) is 4. The van der Waals surface area contributed by atoms with Gasteiger partial charge in [-0.15, -0.1) is 0 Å². The zero-order valence-corrected chi connectivity index (χ0v) is 10.9. The van der Waals surface area contributed by atoms with Crippen LogP contribution in [0.5, 0.6) is 0 Å². The van der Waals surface area contributed by atoms with Crippen LogP contribution in [0.3, 0.4) is 0 Å². The van der Waals surface area contributed by atoms with Crippen molar-refractivity contribution in [1.82, 2.24) is 0 Å². The van der Waals surface area contributed by atoms with Gasteiger partial charge in [0, 0.05) is 25.4 Å². The van der Waals surface area contributed by atoms with Crippen molar-refractivity contribution in [2.24, 2.45) is 5.73 Å². The van der Waals surface area contributed by atoms with Crippen molar-refractivity contribution in [2.45, 2.75) is 25.5 Å². The zero-order chi connectivity index (χ0) is 13.5. The molecule has 0 radical (unpaired) electrons. The van der Waals surface area contributed by atoms with E-state index in [-0.39, 0.29) is 18.6 Å². The topological polar surface area (TPSA) is 73.6 Å². The molecule has 0 saturated carbocycles. The second kappa shape index (κ2) is 7.23. The lowest BCUT2D eigenvalue weighted by atomic mass is 10.1. The van der Waals surface area contributed by atoms with E-state index in [2.05, 4.69) is 5.32 Å². The van der Waals surface area contributed by atoms with Crippen molar-refractivity contribution >= 4 is 11.6 Å². The molecule has 1 amide bonds. The Hall–Kier alpha value is -1.43. The van der Waals surface area contributed by atoms with Crippen LogP contribution in [0.1, 0.15) is 18.4 Å². The minimum Gasteiger partial charge on any atom is -0.381 e. The molecule has 0 bridgehead atoms. The van der Waals surface area contributed by atoms with Gasteiger partial charge in [-0.2, -0.15) is 0 Å². The van der Waals surface area contributed by atoms with E-state index in [0.717, 1.165) is 24.1 Å². The van der Waals surface area contributed by atoms with Crippen molar-refractivity contribution in [3.8, 4) is 0 Å². The number of hydrogen-bond donors (Lipinski definition) is 2. The third kappa shape index (κ3) is 4.63. The monoisotopic (exact) mass is 264 g/mol. The lowest BCUT2D eigenvalue weighted by Crippen LogP contribution is -2.28. The molecule has 1 fully saturated rings. The predicted octanol–water partition coefficient (Wildman–Crippen LogP) is 1.28. The third-order valence-electron chi connectivity index (χ3n) is 3.09. The van der Waals surface area contributed by atoms with Gasteiger partial charge in [0.2, 0.25) is 5.91 Å². The van der Waals surface area contributed by atoms with Gasteiger partial charge in [-0.05, 0) is 30.5 Å². The molecule has 1 aliphatic heterocycles. The van der Waals surface area contributed by atoms with Crippen LogP contribution in [0.25, 0.3) is 0 Å². The first-order valence-electron chi connectivity index (χ1n) is 6.56. The molecular weight excluding hydrogens is 244 g/mol. The second-order valence-electron chi connectivity index (χ2n) is 4.57. The third-order valence-corrected chi connectivity index (χ3v) is 3.09. The molecule has 1 aromatic carbocycles. The molecule has 1 heterocycles. The van der Waals surface area contributed by atoms with Gasteiger partial charge in [0.1, 0.15) is 6.61 Å². The SMILES string of the molecule is NCc1ccc(NC(=O)COC2CCOCC2)cc1. The number of ether oxygens (including phenoxy) is 2. The highest BCUT2D eigenvalue weighted by atomic mass is 16.5. The Kier molecular flexibility index (Phi) is 5.32. The number of nitrogens with one attached hydrogen (secondary N) is 1. The minimum absolute atomic E-state index is 0.0866. The highest BCUT2D eigenvalue weighted by molar-refractivity contribution is 5.91. The van der Waals surface area contributed by atoms with E-state index in [0.29, 0.717) is 19.8 Å². The number of carbonyl (C=O) groups excluding carboxylic acids is 1. The van der Waals surface area contributed by atoms with Gasteiger partial charge in [0.15, 0.2) is 0 Å². The van der Waals surface area contributed by atoms with E-state index in [4.69, 9.17) is 15.2 Å². The Morgan fingerprint density at radius 1 is 1.32 bits per heavy atom. The summed E-state index contributed by atoms with van der Waals surface area (Å²) < 4.78 is 10.8. The van der Waals surface area contributed by atoms with Crippen LogP contribution >= 0.6 is 0 Å². The fraction of sp³-hybridized carbons (Fsp3) is 0.500. The first kappa shape index (κ1) is 14.0. The largest absolute Gasteiger partial charge is 0.381 e. The standard InChI is InChI=1S/C14H20N2O3/c15-9-11-1-3-12(4-2-11)16-14(17)10-19-13-5-7-18-8-6-13/h1-4,13H,5-10,15H2,(H,16,17). The van der Waals surface area contributed by atoms with E-state index in [1.165, 1.54) is 0 Å². The molecule has 104 valence electrons. The Balaban J connectivity index is 1.73. The van der Waals surface area contributed by atoms with Crippen molar-refractivity contribution in [2.75, 3.05) is 25.1 Å². The molecule has 5 nitrogen and oxygen atoms in total. The Labute approximate surface area is 113 Å². The van der Waals surface area contributed by atoms with E-state index in [1.54, 1.807) is 0 Å². The van der Waals surface area contributed by atoms with Crippen LogP contribution in [0.2, 0.25) is 0 Å². The number of amides is 1. The molecule has 0 atom stereocenters. The molecular formula is C14H20N2O3. The summed E-state index contributed by atoms with van der Waals surface area (Å²) in [6.07, 6.45) is 1.86. The fourth-order valence-corrected chi connectivity index (χ4v) is 1.96. The van der Waals surface area contributed by atoms with Crippen molar-refractivity contribution in [3.05, 3.63) is 29.8 Å². The summed E-state index contributed by atoms with van der Waals surface area (Å²) in [5.74, 6) is -0.132. The first-order chi connectivity index (χ1) is 9.28. The van der Waals surface area contributed by atoms with Gasteiger partial charge < -0.3 is 20.5 Å². The number of nitrogens with two attached hydrogens (primary N) is 1. The van der Waals surface area contributed by atoms with E-state index in [1.807, 2.05) is 24.3 Å². The fourth-order valence-electron chi connectivity index (χ4n) is 1.96. The summed E-state index contributed by atoms with van der Waals surface area (Å²) in [6, 6.07) is 7.48. The van der Waals surface area contributed by atoms with E-state index in [9.17, 15) is 4.79 Å². The molecule has 1 aliphatic rings. The maximum atomic E-state index is 11.7. The number of rotatable bonds is 5. The van der Waals surface area contributed by atoms with Gasteiger partial charge in [-0.25, -0.2) is 0 Å². The molecule has 2 rings (SSSR count). The van der Waals surface area contributed by atoms with Gasteiger partial charge in [-0.3, -0.25) is 4.79 Å². The number of benzene rings is 1. The van der Waals surface area contributed by atoms with Crippen molar-refractivity contribution in [3.63, 3.8) is 0 Å². The molecule has 1 aromatic rings. The average Bonchev–Trinajstić information content (AvgIpc) is 2.47. The van der Waals surface area contributed by atoms with Crippen LogP contribution in [0, 0.1) is 0 Å².